The first-order chi connectivity index (χ1) is 8.72. The van der Waals surface area contributed by atoms with Gasteiger partial charge in [-0.25, -0.2) is 4.98 Å². The SMILES string of the molecule is CSCCCCCn1cnc(CNCC(C)C)c1. The molecule has 0 unspecified atom stereocenters. The maximum absolute atomic E-state index is 4.42. The first kappa shape index (κ1) is 15.6. The highest BCUT2D eigenvalue weighted by Gasteiger charge is 1.99. The molecule has 1 N–H and O–H groups in total. The van der Waals surface area contributed by atoms with Crippen LogP contribution in [0.25, 0.3) is 0 Å². The molecular formula is C14H27N3S. The Morgan fingerprint density at radius 1 is 1.33 bits per heavy atom. The van der Waals surface area contributed by atoms with Gasteiger partial charge in [-0.1, -0.05) is 20.3 Å². The lowest BCUT2D eigenvalue weighted by molar-refractivity contribution is 0.548. The number of thioether (sulfide) groups is 1. The third-order valence-corrected chi connectivity index (χ3v) is 3.51. The standard InChI is InChI=1S/C14H27N3S/c1-13(2)9-15-10-14-11-17(12-16-14)7-5-4-6-8-18-3/h11-13,15H,4-10H2,1-3H3. The first-order valence-corrected chi connectivity index (χ1v) is 8.32. The van der Waals surface area contributed by atoms with Gasteiger partial charge in [0.15, 0.2) is 0 Å². The minimum Gasteiger partial charge on any atom is -0.337 e. The Kier molecular flexibility index (Phi) is 8.18. The summed E-state index contributed by atoms with van der Waals surface area (Å²) in [4.78, 5) is 4.42. The molecule has 0 amide bonds. The number of rotatable bonds is 10. The van der Waals surface area contributed by atoms with E-state index in [9.17, 15) is 0 Å². The largest absolute Gasteiger partial charge is 0.337 e. The van der Waals surface area contributed by atoms with Gasteiger partial charge in [0, 0.05) is 19.3 Å². The smallest absolute Gasteiger partial charge is 0.0949 e. The number of aryl methyl sites for hydroxylation is 1. The number of nitrogens with zero attached hydrogens (tertiary/aromatic N) is 2. The highest BCUT2D eigenvalue weighted by atomic mass is 32.2. The predicted octanol–water partition coefficient (Wildman–Crippen LogP) is 3.16. The van der Waals surface area contributed by atoms with E-state index in [4.69, 9.17) is 0 Å². The third kappa shape index (κ3) is 7.07. The van der Waals surface area contributed by atoms with Gasteiger partial charge in [-0.3, -0.25) is 0 Å². The molecule has 1 rings (SSSR count). The van der Waals surface area contributed by atoms with Crippen molar-refractivity contribution in [1.29, 1.82) is 0 Å². The number of nitrogens with one attached hydrogen (secondary N) is 1. The molecule has 1 heterocycles. The van der Waals surface area contributed by atoms with Crippen LogP contribution in [-0.4, -0.2) is 28.1 Å². The Hall–Kier alpha value is -0.480. The van der Waals surface area contributed by atoms with Crippen LogP contribution in [-0.2, 0) is 13.1 Å². The molecule has 0 aliphatic carbocycles. The first-order valence-electron chi connectivity index (χ1n) is 6.92. The van der Waals surface area contributed by atoms with Gasteiger partial charge in [-0.15, -0.1) is 0 Å². The van der Waals surface area contributed by atoms with Crippen molar-refractivity contribution in [3.8, 4) is 0 Å². The van der Waals surface area contributed by atoms with Gasteiger partial charge >= 0.3 is 0 Å². The van der Waals surface area contributed by atoms with E-state index >= 15 is 0 Å². The lowest BCUT2D eigenvalue weighted by atomic mass is 10.2. The van der Waals surface area contributed by atoms with Gasteiger partial charge in [-0.05, 0) is 37.3 Å². The van der Waals surface area contributed by atoms with Crippen molar-refractivity contribution >= 4 is 11.8 Å². The summed E-state index contributed by atoms with van der Waals surface area (Å²) in [6.07, 6.45) is 10.2. The molecule has 0 radical (unpaired) electrons. The summed E-state index contributed by atoms with van der Waals surface area (Å²) in [5.41, 5.74) is 1.15. The Labute approximate surface area is 116 Å². The van der Waals surface area contributed by atoms with E-state index in [0.717, 1.165) is 25.3 Å². The van der Waals surface area contributed by atoms with Crippen LogP contribution in [0.4, 0.5) is 0 Å². The molecule has 0 aliphatic heterocycles. The Bertz CT molecular complexity index is 310. The van der Waals surface area contributed by atoms with E-state index in [2.05, 4.69) is 41.2 Å². The summed E-state index contributed by atoms with van der Waals surface area (Å²) >= 11 is 1.94. The summed E-state index contributed by atoms with van der Waals surface area (Å²) in [6.45, 7) is 7.49. The molecule has 0 bridgehead atoms. The van der Waals surface area contributed by atoms with Crippen LogP contribution in [0.2, 0.25) is 0 Å². The highest BCUT2D eigenvalue weighted by Crippen LogP contribution is 2.05. The number of imidazole rings is 1. The van der Waals surface area contributed by atoms with Crippen LogP contribution in [0.3, 0.4) is 0 Å². The van der Waals surface area contributed by atoms with Gasteiger partial charge in [0.05, 0.1) is 12.0 Å². The van der Waals surface area contributed by atoms with Crippen LogP contribution < -0.4 is 5.32 Å². The fourth-order valence-corrected chi connectivity index (χ4v) is 2.32. The van der Waals surface area contributed by atoms with Gasteiger partial charge in [0.2, 0.25) is 0 Å². The van der Waals surface area contributed by atoms with Crippen molar-refractivity contribution in [3.63, 3.8) is 0 Å². The zero-order valence-electron chi connectivity index (χ0n) is 12.0. The van der Waals surface area contributed by atoms with E-state index < -0.39 is 0 Å². The van der Waals surface area contributed by atoms with Crippen molar-refractivity contribution < 1.29 is 0 Å². The minimum absolute atomic E-state index is 0.698. The molecule has 0 atom stereocenters. The third-order valence-electron chi connectivity index (χ3n) is 2.81. The average Bonchev–Trinajstić information content (AvgIpc) is 2.76. The van der Waals surface area contributed by atoms with E-state index in [1.165, 1.54) is 25.0 Å². The second kappa shape index (κ2) is 9.45. The average molecular weight is 269 g/mol. The monoisotopic (exact) mass is 269 g/mol. The highest BCUT2D eigenvalue weighted by molar-refractivity contribution is 7.98. The van der Waals surface area contributed by atoms with E-state index in [0.29, 0.717) is 5.92 Å². The zero-order chi connectivity index (χ0) is 13.2. The number of aromatic nitrogens is 2. The fourth-order valence-electron chi connectivity index (χ4n) is 1.83. The molecule has 0 saturated heterocycles. The Balaban J connectivity index is 2.13. The molecule has 1 aromatic heterocycles. The summed E-state index contributed by atoms with van der Waals surface area (Å²) in [5.74, 6) is 1.98. The molecule has 4 heteroatoms. The van der Waals surface area contributed by atoms with Crippen LogP contribution in [0, 0.1) is 5.92 Å². The second-order valence-electron chi connectivity index (χ2n) is 5.18. The van der Waals surface area contributed by atoms with Crippen LogP contribution >= 0.6 is 11.8 Å². The summed E-state index contributed by atoms with van der Waals surface area (Å²) in [7, 11) is 0. The number of hydrogen-bond acceptors (Lipinski definition) is 3. The molecule has 0 fully saturated rings. The topological polar surface area (TPSA) is 29.9 Å². The van der Waals surface area contributed by atoms with Gasteiger partial charge < -0.3 is 9.88 Å². The van der Waals surface area contributed by atoms with Gasteiger partial charge in [0.25, 0.3) is 0 Å². The van der Waals surface area contributed by atoms with Crippen molar-refractivity contribution in [1.82, 2.24) is 14.9 Å². The van der Waals surface area contributed by atoms with Crippen LogP contribution in [0.15, 0.2) is 12.5 Å². The lowest BCUT2D eigenvalue weighted by Crippen LogP contribution is -2.19. The molecule has 0 aliphatic rings. The molecule has 3 nitrogen and oxygen atoms in total. The normalized spacial score (nSPS) is 11.3. The van der Waals surface area contributed by atoms with E-state index in [1.807, 2.05) is 18.1 Å². The van der Waals surface area contributed by atoms with Crippen LogP contribution in [0.1, 0.15) is 38.8 Å². The predicted molar refractivity (Wildman–Crippen MR) is 81.0 cm³/mol. The van der Waals surface area contributed by atoms with Gasteiger partial charge in [0.1, 0.15) is 0 Å². The molecule has 0 saturated carbocycles. The summed E-state index contributed by atoms with van der Waals surface area (Å²) in [6, 6.07) is 0. The quantitative estimate of drug-likeness (QED) is 0.662. The number of unbranched alkanes of at least 4 members (excludes halogenated alkanes) is 2. The zero-order valence-corrected chi connectivity index (χ0v) is 12.8. The molecule has 0 aromatic carbocycles. The molecule has 18 heavy (non-hydrogen) atoms. The molecule has 104 valence electrons. The van der Waals surface area contributed by atoms with E-state index in [-0.39, 0.29) is 0 Å². The maximum atomic E-state index is 4.42. The molecule has 0 spiro atoms. The minimum atomic E-state index is 0.698. The summed E-state index contributed by atoms with van der Waals surface area (Å²) in [5, 5.41) is 3.42. The van der Waals surface area contributed by atoms with Crippen molar-refractivity contribution in [3.05, 3.63) is 18.2 Å². The fraction of sp³-hybridized carbons (Fsp3) is 0.786. The molecule has 1 aromatic rings. The Morgan fingerprint density at radius 2 is 2.17 bits per heavy atom. The van der Waals surface area contributed by atoms with Crippen molar-refractivity contribution in [2.45, 2.75) is 46.2 Å². The van der Waals surface area contributed by atoms with Crippen molar-refractivity contribution in [2.24, 2.45) is 5.92 Å². The Morgan fingerprint density at radius 3 is 2.89 bits per heavy atom. The van der Waals surface area contributed by atoms with Crippen LogP contribution in [0.5, 0.6) is 0 Å². The van der Waals surface area contributed by atoms with E-state index in [1.54, 1.807) is 0 Å². The second-order valence-corrected chi connectivity index (χ2v) is 6.17. The lowest BCUT2D eigenvalue weighted by Gasteiger charge is -2.05. The van der Waals surface area contributed by atoms with Gasteiger partial charge in [-0.2, -0.15) is 11.8 Å². The maximum Gasteiger partial charge on any atom is 0.0949 e. The number of hydrogen-bond donors (Lipinski definition) is 1. The summed E-state index contributed by atoms with van der Waals surface area (Å²) < 4.78 is 2.21. The van der Waals surface area contributed by atoms with Crippen molar-refractivity contribution in [2.75, 3.05) is 18.6 Å². The molecular weight excluding hydrogens is 242 g/mol.